The molecular formula is C8H15NO4. The van der Waals surface area contributed by atoms with Gasteiger partial charge < -0.3 is 15.5 Å². The molecule has 0 aromatic rings. The molecule has 0 bridgehead atoms. The quantitative estimate of drug-likeness (QED) is 0.501. The van der Waals surface area contributed by atoms with Crippen molar-refractivity contribution < 1.29 is 19.8 Å². The van der Waals surface area contributed by atoms with Gasteiger partial charge in [-0.25, -0.2) is 0 Å². The Hall–Kier alpha value is -1.10. The van der Waals surface area contributed by atoms with Gasteiger partial charge in [0, 0.05) is 0 Å². The molecule has 13 heavy (non-hydrogen) atoms. The first-order valence-electron chi connectivity index (χ1n) is 4.26. The number of hydrogen-bond donors (Lipinski definition) is 3. The maximum absolute atomic E-state index is 10.5. The molecule has 1 atom stereocenters. The molecule has 0 radical (unpaired) electrons. The van der Waals surface area contributed by atoms with Crippen LogP contribution in [-0.2, 0) is 9.59 Å². The van der Waals surface area contributed by atoms with Crippen molar-refractivity contribution in [2.45, 2.75) is 32.2 Å². The molecule has 76 valence electrons. The fourth-order valence-electron chi connectivity index (χ4n) is 0.874. The van der Waals surface area contributed by atoms with Gasteiger partial charge in [0.25, 0.3) is 0 Å². The van der Waals surface area contributed by atoms with Gasteiger partial charge in [-0.1, -0.05) is 13.3 Å². The van der Waals surface area contributed by atoms with Gasteiger partial charge in [0.1, 0.15) is 6.04 Å². The monoisotopic (exact) mass is 189 g/mol. The third-order valence-corrected chi connectivity index (χ3v) is 1.60. The van der Waals surface area contributed by atoms with Crippen LogP contribution in [-0.4, -0.2) is 34.7 Å². The van der Waals surface area contributed by atoms with Crippen LogP contribution < -0.4 is 5.32 Å². The van der Waals surface area contributed by atoms with Gasteiger partial charge in [-0.2, -0.15) is 0 Å². The van der Waals surface area contributed by atoms with Crippen LogP contribution in [0.1, 0.15) is 26.2 Å². The number of rotatable bonds is 7. The van der Waals surface area contributed by atoms with Crippen LogP contribution in [0.4, 0.5) is 0 Å². The smallest absolute Gasteiger partial charge is 0.321 e. The summed E-state index contributed by atoms with van der Waals surface area (Å²) in [6.45, 7) is 2.52. The van der Waals surface area contributed by atoms with Crippen molar-refractivity contribution in [3.63, 3.8) is 0 Å². The van der Waals surface area contributed by atoms with Crippen LogP contribution in [0.3, 0.4) is 0 Å². The number of aliphatic carboxylic acids is 2. The summed E-state index contributed by atoms with van der Waals surface area (Å²) in [6.07, 6.45) is 1.43. The van der Waals surface area contributed by atoms with Gasteiger partial charge >= 0.3 is 11.9 Å². The predicted molar refractivity (Wildman–Crippen MR) is 46.6 cm³/mol. The van der Waals surface area contributed by atoms with E-state index < -0.39 is 18.0 Å². The van der Waals surface area contributed by atoms with E-state index >= 15 is 0 Å². The summed E-state index contributed by atoms with van der Waals surface area (Å²) in [5.41, 5.74) is 0. The van der Waals surface area contributed by atoms with E-state index in [0.717, 1.165) is 12.8 Å². The zero-order valence-electron chi connectivity index (χ0n) is 7.62. The van der Waals surface area contributed by atoms with Crippen LogP contribution in [0.25, 0.3) is 0 Å². The highest BCUT2D eigenvalue weighted by Crippen LogP contribution is 1.93. The summed E-state index contributed by atoms with van der Waals surface area (Å²) in [6, 6.07) is -0.968. The van der Waals surface area contributed by atoms with E-state index in [2.05, 4.69) is 5.32 Å². The zero-order valence-corrected chi connectivity index (χ0v) is 7.62. The summed E-state index contributed by atoms with van der Waals surface area (Å²) >= 11 is 0. The van der Waals surface area contributed by atoms with Crippen LogP contribution in [0.15, 0.2) is 0 Å². The van der Waals surface area contributed by atoms with Gasteiger partial charge in [-0.05, 0) is 13.0 Å². The molecule has 0 saturated carbocycles. The van der Waals surface area contributed by atoms with Crippen LogP contribution in [0.5, 0.6) is 0 Å². The lowest BCUT2D eigenvalue weighted by atomic mass is 10.2. The number of carbonyl (C=O) groups is 2. The standard InChI is InChI=1S/C8H15NO4/c1-2-3-4-9-6(8(12)13)5-7(10)11/h6,9H,2-5H2,1H3,(H,10,11)(H,12,13)/t6-/m1/s1. The van der Waals surface area contributed by atoms with E-state index in [1.54, 1.807) is 0 Å². The summed E-state index contributed by atoms with van der Waals surface area (Å²) in [5, 5.41) is 19.7. The first kappa shape index (κ1) is 11.9. The van der Waals surface area contributed by atoms with Crippen molar-refractivity contribution in [1.29, 1.82) is 0 Å². The maximum Gasteiger partial charge on any atom is 0.321 e. The molecule has 0 aliphatic carbocycles. The molecular weight excluding hydrogens is 174 g/mol. The Morgan fingerprint density at radius 3 is 2.38 bits per heavy atom. The Labute approximate surface area is 76.8 Å². The summed E-state index contributed by atoms with van der Waals surface area (Å²) < 4.78 is 0. The average molecular weight is 189 g/mol. The number of carboxylic acid groups (broad SMARTS) is 2. The molecule has 0 amide bonds. The molecule has 0 aromatic heterocycles. The fourth-order valence-corrected chi connectivity index (χ4v) is 0.874. The Morgan fingerprint density at radius 2 is 2.00 bits per heavy atom. The van der Waals surface area contributed by atoms with Gasteiger partial charge in [0.2, 0.25) is 0 Å². The number of unbranched alkanes of at least 4 members (excludes halogenated alkanes) is 1. The van der Waals surface area contributed by atoms with Crippen LogP contribution in [0, 0.1) is 0 Å². The normalized spacial score (nSPS) is 12.4. The van der Waals surface area contributed by atoms with Crippen molar-refractivity contribution in [2.75, 3.05) is 6.54 Å². The highest BCUT2D eigenvalue weighted by Gasteiger charge is 2.19. The lowest BCUT2D eigenvalue weighted by Crippen LogP contribution is -2.38. The second kappa shape index (κ2) is 6.42. The molecule has 5 heteroatoms. The van der Waals surface area contributed by atoms with E-state index in [1.807, 2.05) is 6.92 Å². The van der Waals surface area contributed by atoms with Crippen molar-refractivity contribution in [3.8, 4) is 0 Å². The van der Waals surface area contributed by atoms with Crippen LogP contribution >= 0.6 is 0 Å². The largest absolute Gasteiger partial charge is 0.481 e. The molecule has 0 spiro atoms. The van der Waals surface area contributed by atoms with Crippen molar-refractivity contribution in [1.82, 2.24) is 5.32 Å². The zero-order chi connectivity index (χ0) is 10.3. The van der Waals surface area contributed by atoms with E-state index in [0.29, 0.717) is 6.54 Å². The number of carboxylic acids is 2. The molecule has 0 fully saturated rings. The Kier molecular flexibility index (Phi) is 5.88. The van der Waals surface area contributed by atoms with Gasteiger partial charge in [-0.3, -0.25) is 9.59 Å². The molecule has 0 heterocycles. The molecule has 0 aliphatic heterocycles. The lowest BCUT2D eigenvalue weighted by molar-refractivity contribution is -0.145. The number of nitrogens with one attached hydrogen (secondary N) is 1. The highest BCUT2D eigenvalue weighted by molar-refractivity contribution is 5.80. The molecule has 0 saturated heterocycles. The first-order valence-corrected chi connectivity index (χ1v) is 4.26. The van der Waals surface area contributed by atoms with E-state index in [4.69, 9.17) is 10.2 Å². The lowest BCUT2D eigenvalue weighted by Gasteiger charge is -2.11. The predicted octanol–water partition coefficient (Wildman–Crippen LogP) is 0.304. The fraction of sp³-hybridized carbons (Fsp3) is 0.750. The van der Waals surface area contributed by atoms with E-state index in [-0.39, 0.29) is 6.42 Å². The Bertz CT molecular complexity index is 181. The topological polar surface area (TPSA) is 86.6 Å². The summed E-state index contributed by atoms with van der Waals surface area (Å²) in [4.78, 5) is 20.7. The SMILES string of the molecule is CCCCN[C@H](CC(=O)O)C(=O)O. The van der Waals surface area contributed by atoms with E-state index in [1.165, 1.54) is 0 Å². The molecule has 0 aromatic carbocycles. The second-order valence-electron chi connectivity index (χ2n) is 2.80. The molecule has 5 nitrogen and oxygen atoms in total. The average Bonchev–Trinajstić information content (AvgIpc) is 2.02. The van der Waals surface area contributed by atoms with E-state index in [9.17, 15) is 9.59 Å². The van der Waals surface area contributed by atoms with Gasteiger partial charge in [0.15, 0.2) is 0 Å². The molecule has 0 aliphatic rings. The third kappa shape index (κ3) is 6.10. The molecule has 0 rings (SSSR count). The minimum atomic E-state index is -1.11. The summed E-state index contributed by atoms with van der Waals surface area (Å²) in [5.74, 6) is -2.21. The second-order valence-corrected chi connectivity index (χ2v) is 2.80. The van der Waals surface area contributed by atoms with Gasteiger partial charge in [-0.15, -0.1) is 0 Å². The summed E-state index contributed by atoms with van der Waals surface area (Å²) in [7, 11) is 0. The van der Waals surface area contributed by atoms with Crippen molar-refractivity contribution >= 4 is 11.9 Å². The Balaban J connectivity index is 3.81. The molecule has 0 unspecified atom stereocenters. The minimum Gasteiger partial charge on any atom is -0.481 e. The van der Waals surface area contributed by atoms with Crippen molar-refractivity contribution in [2.24, 2.45) is 0 Å². The molecule has 3 N–H and O–H groups in total. The maximum atomic E-state index is 10.5. The van der Waals surface area contributed by atoms with Gasteiger partial charge in [0.05, 0.1) is 6.42 Å². The highest BCUT2D eigenvalue weighted by atomic mass is 16.4. The van der Waals surface area contributed by atoms with Crippen LogP contribution in [0.2, 0.25) is 0 Å². The minimum absolute atomic E-state index is 0.376. The third-order valence-electron chi connectivity index (χ3n) is 1.60. The Morgan fingerprint density at radius 1 is 1.38 bits per heavy atom. The van der Waals surface area contributed by atoms with Crippen molar-refractivity contribution in [3.05, 3.63) is 0 Å². The number of hydrogen-bond acceptors (Lipinski definition) is 3. The first-order chi connectivity index (χ1) is 6.07.